The summed E-state index contributed by atoms with van der Waals surface area (Å²) in [5.41, 5.74) is 7.56. The maximum absolute atomic E-state index is 10.9. The molecule has 0 atom stereocenters. The van der Waals surface area contributed by atoms with E-state index in [-0.39, 0.29) is 5.91 Å². The van der Waals surface area contributed by atoms with Crippen LogP contribution >= 0.6 is 11.3 Å². The number of thiophene rings is 1. The number of hydrogen-bond donors (Lipinski definition) is 1. The van der Waals surface area contributed by atoms with Gasteiger partial charge in [-0.2, -0.15) is 0 Å². The van der Waals surface area contributed by atoms with E-state index in [4.69, 9.17) is 5.73 Å². The van der Waals surface area contributed by atoms with Crippen molar-refractivity contribution in [2.75, 3.05) is 0 Å². The molecule has 1 aromatic heterocycles. The SMILES string of the molecule is CCc1ccc2scc(CC(N)=O)c2c1. The van der Waals surface area contributed by atoms with E-state index < -0.39 is 0 Å². The number of aryl methyl sites for hydroxylation is 1. The van der Waals surface area contributed by atoms with Crippen molar-refractivity contribution >= 4 is 27.3 Å². The largest absolute Gasteiger partial charge is 0.369 e. The van der Waals surface area contributed by atoms with Gasteiger partial charge in [0.15, 0.2) is 0 Å². The molecule has 0 saturated carbocycles. The molecule has 0 saturated heterocycles. The zero-order valence-electron chi connectivity index (χ0n) is 8.62. The Labute approximate surface area is 92.7 Å². The molecule has 0 fully saturated rings. The molecule has 1 aromatic carbocycles. The number of nitrogens with two attached hydrogens (primary N) is 1. The zero-order chi connectivity index (χ0) is 10.8. The highest BCUT2D eigenvalue weighted by molar-refractivity contribution is 7.17. The van der Waals surface area contributed by atoms with E-state index in [1.54, 1.807) is 11.3 Å². The molecule has 0 aliphatic heterocycles. The van der Waals surface area contributed by atoms with Crippen LogP contribution in [0.4, 0.5) is 0 Å². The minimum atomic E-state index is -0.267. The molecule has 2 N–H and O–H groups in total. The summed E-state index contributed by atoms with van der Waals surface area (Å²) >= 11 is 1.67. The fourth-order valence-electron chi connectivity index (χ4n) is 1.67. The second-order valence-electron chi connectivity index (χ2n) is 3.59. The second-order valence-corrected chi connectivity index (χ2v) is 4.50. The van der Waals surface area contributed by atoms with Crippen LogP contribution in [0, 0.1) is 0 Å². The summed E-state index contributed by atoms with van der Waals surface area (Å²) in [6, 6.07) is 6.40. The highest BCUT2D eigenvalue weighted by Crippen LogP contribution is 2.27. The summed E-state index contributed by atoms with van der Waals surface area (Å²) < 4.78 is 1.23. The van der Waals surface area contributed by atoms with Gasteiger partial charge >= 0.3 is 0 Å². The Hall–Kier alpha value is -1.35. The van der Waals surface area contributed by atoms with Gasteiger partial charge < -0.3 is 5.73 Å². The summed E-state index contributed by atoms with van der Waals surface area (Å²) in [7, 11) is 0. The van der Waals surface area contributed by atoms with E-state index in [1.807, 2.05) is 5.38 Å². The lowest BCUT2D eigenvalue weighted by molar-refractivity contribution is -0.117. The number of primary amides is 1. The van der Waals surface area contributed by atoms with Gasteiger partial charge in [-0.3, -0.25) is 4.79 Å². The van der Waals surface area contributed by atoms with Crippen LogP contribution in [0.15, 0.2) is 23.6 Å². The molecule has 1 amide bonds. The van der Waals surface area contributed by atoms with Crippen LogP contribution in [0.5, 0.6) is 0 Å². The first-order chi connectivity index (χ1) is 7.20. The molecule has 0 radical (unpaired) electrons. The predicted molar refractivity (Wildman–Crippen MR) is 64.1 cm³/mol. The van der Waals surface area contributed by atoms with Gasteiger partial charge in [-0.1, -0.05) is 19.1 Å². The van der Waals surface area contributed by atoms with Crippen LogP contribution in [0.1, 0.15) is 18.1 Å². The predicted octanol–water partition coefficient (Wildman–Crippen LogP) is 2.49. The first kappa shape index (κ1) is 10.2. The van der Waals surface area contributed by atoms with Crippen molar-refractivity contribution in [2.45, 2.75) is 19.8 Å². The van der Waals surface area contributed by atoms with Crippen LogP contribution < -0.4 is 5.73 Å². The average molecular weight is 219 g/mol. The van der Waals surface area contributed by atoms with Crippen molar-refractivity contribution in [1.29, 1.82) is 0 Å². The molecular formula is C12H13NOS. The summed E-state index contributed by atoms with van der Waals surface area (Å²) in [5.74, 6) is -0.267. The molecule has 0 bridgehead atoms. The highest BCUT2D eigenvalue weighted by Gasteiger charge is 2.06. The van der Waals surface area contributed by atoms with Crippen molar-refractivity contribution in [1.82, 2.24) is 0 Å². The number of carbonyl (C=O) groups excluding carboxylic acids is 1. The Bertz CT molecular complexity index is 501. The second kappa shape index (κ2) is 4.03. The number of amides is 1. The first-order valence-corrected chi connectivity index (χ1v) is 5.86. The van der Waals surface area contributed by atoms with Gasteiger partial charge in [-0.05, 0) is 34.4 Å². The molecule has 0 aliphatic rings. The summed E-state index contributed by atoms with van der Waals surface area (Å²) in [6.45, 7) is 2.13. The lowest BCUT2D eigenvalue weighted by Crippen LogP contribution is -2.13. The van der Waals surface area contributed by atoms with E-state index in [0.717, 1.165) is 12.0 Å². The molecule has 2 rings (SSSR count). The number of carbonyl (C=O) groups is 1. The van der Waals surface area contributed by atoms with E-state index in [9.17, 15) is 4.79 Å². The highest BCUT2D eigenvalue weighted by atomic mass is 32.1. The minimum absolute atomic E-state index is 0.267. The summed E-state index contributed by atoms with van der Waals surface area (Å²) in [6.07, 6.45) is 1.36. The molecule has 0 unspecified atom stereocenters. The Morgan fingerprint density at radius 2 is 2.27 bits per heavy atom. The van der Waals surface area contributed by atoms with Crippen molar-refractivity contribution in [3.63, 3.8) is 0 Å². The van der Waals surface area contributed by atoms with Crippen LogP contribution in [0.3, 0.4) is 0 Å². The molecule has 1 heterocycles. The molecule has 0 spiro atoms. The van der Waals surface area contributed by atoms with E-state index in [0.29, 0.717) is 6.42 Å². The van der Waals surface area contributed by atoms with Gasteiger partial charge in [0.05, 0.1) is 6.42 Å². The van der Waals surface area contributed by atoms with Gasteiger partial charge in [0, 0.05) is 4.70 Å². The number of benzene rings is 1. The van der Waals surface area contributed by atoms with Crippen molar-refractivity contribution in [3.8, 4) is 0 Å². The van der Waals surface area contributed by atoms with Crippen LogP contribution in [-0.4, -0.2) is 5.91 Å². The normalized spacial score (nSPS) is 10.7. The maximum Gasteiger partial charge on any atom is 0.221 e. The topological polar surface area (TPSA) is 43.1 Å². The molecule has 78 valence electrons. The van der Waals surface area contributed by atoms with Gasteiger partial charge in [-0.25, -0.2) is 0 Å². The Morgan fingerprint density at radius 1 is 1.47 bits per heavy atom. The molecular weight excluding hydrogens is 206 g/mol. The summed E-state index contributed by atoms with van der Waals surface area (Å²) in [5, 5.41) is 3.20. The Morgan fingerprint density at radius 3 is 2.93 bits per heavy atom. The zero-order valence-corrected chi connectivity index (χ0v) is 9.43. The number of rotatable bonds is 3. The van der Waals surface area contributed by atoms with E-state index in [1.165, 1.54) is 15.6 Å². The summed E-state index contributed by atoms with van der Waals surface area (Å²) in [4.78, 5) is 10.9. The Kier molecular flexibility index (Phi) is 2.73. The third kappa shape index (κ3) is 2.02. The molecule has 0 aliphatic carbocycles. The van der Waals surface area contributed by atoms with Gasteiger partial charge in [0.1, 0.15) is 0 Å². The minimum Gasteiger partial charge on any atom is -0.369 e. The van der Waals surface area contributed by atoms with Crippen molar-refractivity contribution < 1.29 is 4.79 Å². The third-order valence-corrected chi connectivity index (χ3v) is 3.50. The fraction of sp³-hybridized carbons (Fsp3) is 0.250. The number of fused-ring (bicyclic) bond motifs is 1. The van der Waals surface area contributed by atoms with Crippen LogP contribution in [0.2, 0.25) is 0 Å². The molecule has 3 heteroatoms. The molecule has 15 heavy (non-hydrogen) atoms. The average Bonchev–Trinajstić information content (AvgIpc) is 2.60. The lowest BCUT2D eigenvalue weighted by Gasteiger charge is -1.99. The van der Waals surface area contributed by atoms with E-state index in [2.05, 4.69) is 25.1 Å². The van der Waals surface area contributed by atoms with Crippen LogP contribution in [0.25, 0.3) is 10.1 Å². The number of hydrogen-bond acceptors (Lipinski definition) is 2. The van der Waals surface area contributed by atoms with Gasteiger partial charge in [-0.15, -0.1) is 11.3 Å². The van der Waals surface area contributed by atoms with Crippen LogP contribution in [-0.2, 0) is 17.6 Å². The Balaban J connectivity index is 2.51. The fourth-order valence-corrected chi connectivity index (χ4v) is 2.62. The molecule has 2 aromatic rings. The lowest BCUT2D eigenvalue weighted by atomic mass is 10.1. The quantitative estimate of drug-likeness (QED) is 0.846. The third-order valence-electron chi connectivity index (χ3n) is 2.49. The molecule has 2 nitrogen and oxygen atoms in total. The monoisotopic (exact) mass is 219 g/mol. The maximum atomic E-state index is 10.9. The van der Waals surface area contributed by atoms with Gasteiger partial charge in [0.2, 0.25) is 5.91 Å². The van der Waals surface area contributed by atoms with Crippen molar-refractivity contribution in [3.05, 3.63) is 34.7 Å². The van der Waals surface area contributed by atoms with Crippen molar-refractivity contribution in [2.24, 2.45) is 5.73 Å². The van der Waals surface area contributed by atoms with E-state index >= 15 is 0 Å². The van der Waals surface area contributed by atoms with Gasteiger partial charge in [0.25, 0.3) is 0 Å². The standard InChI is InChI=1S/C12H13NOS/c1-2-8-3-4-11-10(5-8)9(7-15-11)6-12(13)14/h3-5,7H,2,6H2,1H3,(H2,13,14). The smallest absolute Gasteiger partial charge is 0.221 e. The first-order valence-electron chi connectivity index (χ1n) is 4.98.